The van der Waals surface area contributed by atoms with E-state index in [1.54, 1.807) is 0 Å². The summed E-state index contributed by atoms with van der Waals surface area (Å²) in [6.45, 7) is 4.03. The van der Waals surface area contributed by atoms with E-state index >= 15 is 0 Å². The molecule has 3 heterocycles. The van der Waals surface area contributed by atoms with Crippen molar-refractivity contribution in [3.8, 4) is 45.1 Å². The first kappa shape index (κ1) is 33.5. The highest BCUT2D eigenvalue weighted by atomic mass is 15.2. The average Bonchev–Trinajstić information content (AvgIpc) is 3.80. The molecule has 58 heavy (non-hydrogen) atoms. The van der Waals surface area contributed by atoms with Gasteiger partial charge in [0.15, 0.2) is 0 Å². The Kier molecular flexibility index (Phi) is 7.93. The molecule has 0 aliphatic rings. The summed E-state index contributed by atoms with van der Waals surface area (Å²) < 4.78 is 4.60. The van der Waals surface area contributed by atoms with Crippen LogP contribution in [0.3, 0.4) is 0 Å². The number of para-hydroxylation sites is 4. The number of fused-ring (bicyclic) bond motifs is 7. The number of allylic oxidation sites excluding steroid dienone is 2. The normalized spacial score (nSPS) is 11.8. The van der Waals surface area contributed by atoms with E-state index in [-0.39, 0.29) is 0 Å². The molecule has 0 saturated carbocycles. The maximum absolute atomic E-state index is 5.40. The van der Waals surface area contributed by atoms with Crippen molar-refractivity contribution in [2.24, 2.45) is 0 Å². The Morgan fingerprint density at radius 1 is 0.414 bits per heavy atom. The molecule has 3 aromatic heterocycles. The molecule has 0 saturated heterocycles. The molecule has 0 amide bonds. The molecular weight excluding hydrogens is 705 g/mol. The van der Waals surface area contributed by atoms with Crippen LogP contribution in [0.2, 0.25) is 0 Å². The Labute approximate surface area is 335 Å². The molecular formula is C54H36N4. The van der Waals surface area contributed by atoms with Crippen LogP contribution in [0.15, 0.2) is 207 Å². The Hall–Kier alpha value is -7.82. The zero-order valence-corrected chi connectivity index (χ0v) is 31.6. The fourth-order valence-electron chi connectivity index (χ4n) is 8.64. The van der Waals surface area contributed by atoms with E-state index in [9.17, 15) is 0 Å². The first-order valence-corrected chi connectivity index (χ1v) is 19.6. The van der Waals surface area contributed by atoms with Crippen LogP contribution in [0.4, 0.5) is 0 Å². The number of aromatic nitrogens is 4. The van der Waals surface area contributed by atoms with Crippen molar-refractivity contribution in [2.45, 2.75) is 0 Å². The molecule has 11 aromatic rings. The molecule has 11 rings (SSSR count). The quantitative estimate of drug-likeness (QED) is 0.153. The molecule has 0 bridgehead atoms. The minimum absolute atomic E-state index is 0.632. The van der Waals surface area contributed by atoms with Gasteiger partial charge in [0.25, 0.3) is 0 Å². The Morgan fingerprint density at radius 3 is 1.74 bits per heavy atom. The zero-order valence-electron chi connectivity index (χ0n) is 31.6. The van der Waals surface area contributed by atoms with Crippen LogP contribution in [-0.2, 0) is 0 Å². The molecule has 8 aromatic carbocycles. The molecule has 4 heteroatoms. The maximum atomic E-state index is 5.40. The SMILES string of the molecule is C=C/C=C\c1cc2c(cc1-c1ccc3c4ccccc4n(-c4ccccc4)c3c1)c1ccccc1n2-c1nc(-c2ccc(-c3ccccc3)cc2)c2ccccc2n1. The summed E-state index contributed by atoms with van der Waals surface area (Å²) in [7, 11) is 0. The third-order valence-electron chi connectivity index (χ3n) is 11.3. The Morgan fingerprint density at radius 2 is 0.983 bits per heavy atom. The predicted octanol–water partition coefficient (Wildman–Crippen LogP) is 14.0. The lowest BCUT2D eigenvalue weighted by Gasteiger charge is -2.13. The van der Waals surface area contributed by atoms with Gasteiger partial charge in [-0.2, -0.15) is 0 Å². The van der Waals surface area contributed by atoms with Crippen molar-refractivity contribution in [1.29, 1.82) is 0 Å². The van der Waals surface area contributed by atoms with E-state index in [0.29, 0.717) is 5.95 Å². The van der Waals surface area contributed by atoms with Crippen molar-refractivity contribution in [3.05, 3.63) is 212 Å². The second-order valence-corrected chi connectivity index (χ2v) is 14.7. The smallest absolute Gasteiger partial charge is 0.235 e. The zero-order chi connectivity index (χ0) is 38.6. The highest BCUT2D eigenvalue weighted by molar-refractivity contribution is 6.13. The van der Waals surface area contributed by atoms with Crippen LogP contribution in [0, 0.1) is 0 Å². The molecule has 0 atom stereocenters. The first-order valence-electron chi connectivity index (χ1n) is 19.6. The van der Waals surface area contributed by atoms with Crippen molar-refractivity contribution < 1.29 is 0 Å². The van der Waals surface area contributed by atoms with Crippen LogP contribution in [0.1, 0.15) is 5.56 Å². The largest absolute Gasteiger partial charge is 0.309 e. The van der Waals surface area contributed by atoms with Crippen LogP contribution in [0.5, 0.6) is 0 Å². The summed E-state index contributed by atoms with van der Waals surface area (Å²) in [6.07, 6.45) is 6.00. The van der Waals surface area contributed by atoms with E-state index in [1.165, 1.54) is 32.9 Å². The highest BCUT2D eigenvalue weighted by Gasteiger charge is 2.20. The van der Waals surface area contributed by atoms with Crippen LogP contribution in [-0.4, -0.2) is 19.1 Å². The number of hydrogen-bond acceptors (Lipinski definition) is 2. The van der Waals surface area contributed by atoms with Crippen molar-refractivity contribution in [2.75, 3.05) is 0 Å². The van der Waals surface area contributed by atoms with Gasteiger partial charge in [-0.1, -0.05) is 164 Å². The van der Waals surface area contributed by atoms with Gasteiger partial charge in [-0.25, -0.2) is 9.97 Å². The number of rotatable bonds is 7. The average molecular weight is 741 g/mol. The van der Waals surface area contributed by atoms with Gasteiger partial charge in [-0.05, 0) is 76.3 Å². The van der Waals surface area contributed by atoms with Gasteiger partial charge in [-0.3, -0.25) is 4.57 Å². The van der Waals surface area contributed by atoms with Crippen molar-refractivity contribution in [3.63, 3.8) is 0 Å². The van der Waals surface area contributed by atoms with Gasteiger partial charge < -0.3 is 4.57 Å². The van der Waals surface area contributed by atoms with E-state index in [0.717, 1.165) is 66.3 Å². The molecule has 0 radical (unpaired) electrons. The van der Waals surface area contributed by atoms with Crippen LogP contribution in [0.25, 0.3) is 106 Å². The van der Waals surface area contributed by atoms with E-state index < -0.39 is 0 Å². The predicted molar refractivity (Wildman–Crippen MR) is 244 cm³/mol. The maximum Gasteiger partial charge on any atom is 0.235 e. The van der Waals surface area contributed by atoms with Crippen molar-refractivity contribution in [1.82, 2.24) is 19.1 Å². The summed E-state index contributed by atoms with van der Waals surface area (Å²) in [6, 6.07) is 66.9. The second-order valence-electron chi connectivity index (χ2n) is 14.7. The summed E-state index contributed by atoms with van der Waals surface area (Å²) in [4.78, 5) is 10.6. The molecule has 0 spiro atoms. The van der Waals surface area contributed by atoms with E-state index in [4.69, 9.17) is 9.97 Å². The minimum Gasteiger partial charge on any atom is -0.309 e. The number of nitrogens with zero attached hydrogens (tertiary/aromatic N) is 4. The van der Waals surface area contributed by atoms with E-state index in [1.807, 2.05) is 24.3 Å². The van der Waals surface area contributed by atoms with Gasteiger partial charge >= 0.3 is 0 Å². The first-order chi connectivity index (χ1) is 28.7. The lowest BCUT2D eigenvalue weighted by atomic mass is 9.95. The topological polar surface area (TPSA) is 35.6 Å². The minimum atomic E-state index is 0.632. The fraction of sp³-hybridized carbons (Fsp3) is 0. The van der Waals surface area contributed by atoms with Gasteiger partial charge in [0.2, 0.25) is 5.95 Å². The summed E-state index contributed by atoms with van der Waals surface area (Å²) in [5.41, 5.74) is 14.1. The summed E-state index contributed by atoms with van der Waals surface area (Å²) in [5.74, 6) is 0.632. The van der Waals surface area contributed by atoms with Gasteiger partial charge in [0.1, 0.15) is 0 Å². The molecule has 4 nitrogen and oxygen atoms in total. The number of benzene rings is 8. The van der Waals surface area contributed by atoms with E-state index in [2.05, 4.69) is 198 Å². The van der Waals surface area contributed by atoms with Crippen molar-refractivity contribution >= 4 is 60.6 Å². The molecule has 0 unspecified atom stereocenters. The highest BCUT2D eigenvalue weighted by Crippen LogP contribution is 2.40. The summed E-state index contributed by atoms with van der Waals surface area (Å²) >= 11 is 0. The molecule has 0 aliphatic heterocycles. The molecule has 272 valence electrons. The monoisotopic (exact) mass is 740 g/mol. The van der Waals surface area contributed by atoms with Gasteiger partial charge in [0.05, 0.1) is 33.3 Å². The van der Waals surface area contributed by atoms with Gasteiger partial charge in [0, 0.05) is 38.2 Å². The second kappa shape index (κ2) is 13.7. The molecule has 0 aliphatic carbocycles. The third kappa shape index (κ3) is 5.46. The summed E-state index contributed by atoms with van der Waals surface area (Å²) in [5, 5.41) is 5.75. The Bertz CT molecular complexity index is 3390. The van der Waals surface area contributed by atoms with Gasteiger partial charge in [-0.15, -0.1) is 0 Å². The van der Waals surface area contributed by atoms with Crippen LogP contribution >= 0.6 is 0 Å². The van der Waals surface area contributed by atoms with Crippen LogP contribution < -0.4 is 0 Å². The lowest BCUT2D eigenvalue weighted by molar-refractivity contribution is 1.01. The number of hydrogen-bond donors (Lipinski definition) is 0. The fourth-order valence-corrected chi connectivity index (χ4v) is 8.64. The lowest BCUT2D eigenvalue weighted by Crippen LogP contribution is -2.03. The molecule has 0 N–H and O–H groups in total. The standard InChI is InChI=1S/C54H36N4/c1-2-3-16-39-33-52-47(35-46(39)40-31-32-44-42-21-11-14-25-49(42)57(51(44)34-40)41-19-8-5-9-20-41)43-22-12-15-26-50(43)58(52)54-55-48-24-13-10-23-45(48)53(56-54)38-29-27-37(28-30-38)36-17-6-4-7-18-36/h2-35H,1H2/b16-3-. The third-order valence-corrected chi connectivity index (χ3v) is 11.3. The Balaban J connectivity index is 1.14. The molecule has 0 fully saturated rings.